The van der Waals surface area contributed by atoms with Crippen molar-refractivity contribution in [3.63, 3.8) is 0 Å². The summed E-state index contributed by atoms with van der Waals surface area (Å²) >= 11 is 0. The molecular formula is C28H35NO4. The van der Waals surface area contributed by atoms with Gasteiger partial charge in [0.1, 0.15) is 5.78 Å². The van der Waals surface area contributed by atoms with Crippen LogP contribution in [0.5, 0.6) is 11.5 Å². The maximum atomic E-state index is 13.0. The standard InChI is InChI=1S/C28H35NO4/c1-29-16-15-27-19-22(30)13-14-28(27,33-17-7-10-20-8-5-4-6-9-20)24(29)18-21-11-12-23(31-2)26(32-3)25(21)27/h4-6,8-9,11-12,24H,7,10,13-19H2,1-3H3/t24?,27-,28+/m0/s1. The van der Waals surface area contributed by atoms with Crippen molar-refractivity contribution in [2.24, 2.45) is 0 Å². The molecule has 0 aromatic heterocycles. The van der Waals surface area contributed by atoms with Gasteiger partial charge in [0.25, 0.3) is 0 Å². The van der Waals surface area contributed by atoms with Crippen molar-refractivity contribution in [3.05, 3.63) is 59.2 Å². The van der Waals surface area contributed by atoms with Crippen LogP contribution in [0.25, 0.3) is 0 Å². The summed E-state index contributed by atoms with van der Waals surface area (Å²) in [6, 6.07) is 15.0. The number of aryl methyl sites for hydroxylation is 1. The molecule has 0 N–H and O–H groups in total. The molecule has 5 heteroatoms. The van der Waals surface area contributed by atoms with E-state index >= 15 is 0 Å². The van der Waals surface area contributed by atoms with Gasteiger partial charge in [-0.05, 0) is 62.9 Å². The van der Waals surface area contributed by atoms with Crippen molar-refractivity contribution in [2.45, 2.75) is 62.0 Å². The number of nitrogens with zero attached hydrogens (tertiary/aromatic N) is 1. The average Bonchev–Trinajstić information content (AvgIpc) is 2.84. The van der Waals surface area contributed by atoms with E-state index in [0.717, 1.165) is 55.7 Å². The van der Waals surface area contributed by atoms with Crippen LogP contribution in [-0.2, 0) is 27.8 Å². The summed E-state index contributed by atoms with van der Waals surface area (Å²) < 4.78 is 18.7. The highest BCUT2D eigenvalue weighted by atomic mass is 16.5. The fourth-order valence-electron chi connectivity index (χ4n) is 6.90. The molecule has 2 aliphatic carbocycles. The third-order valence-corrected chi connectivity index (χ3v) is 8.38. The average molecular weight is 450 g/mol. The van der Waals surface area contributed by atoms with E-state index in [1.165, 1.54) is 11.1 Å². The maximum Gasteiger partial charge on any atom is 0.164 e. The van der Waals surface area contributed by atoms with Crippen LogP contribution >= 0.6 is 0 Å². The molecule has 176 valence electrons. The Morgan fingerprint density at radius 3 is 2.64 bits per heavy atom. The van der Waals surface area contributed by atoms with Gasteiger partial charge >= 0.3 is 0 Å². The predicted octanol–water partition coefficient (Wildman–Crippen LogP) is 4.34. The Labute approximate surface area is 197 Å². The zero-order chi connectivity index (χ0) is 23.1. The number of rotatable bonds is 7. The Balaban J connectivity index is 1.55. The summed E-state index contributed by atoms with van der Waals surface area (Å²) in [5, 5.41) is 0. The van der Waals surface area contributed by atoms with Gasteiger partial charge in [-0.2, -0.15) is 0 Å². The third kappa shape index (κ3) is 3.48. The van der Waals surface area contributed by atoms with Crippen molar-refractivity contribution in [2.75, 3.05) is 34.4 Å². The first-order valence-electron chi connectivity index (χ1n) is 12.2. The lowest BCUT2D eigenvalue weighted by molar-refractivity contribution is -0.197. The highest BCUT2D eigenvalue weighted by Gasteiger charge is 2.66. The fraction of sp³-hybridized carbons (Fsp3) is 0.536. The zero-order valence-electron chi connectivity index (χ0n) is 20.1. The minimum Gasteiger partial charge on any atom is -0.493 e. The molecule has 1 saturated heterocycles. The number of ether oxygens (including phenoxy) is 3. The normalized spacial score (nSPS) is 28.7. The van der Waals surface area contributed by atoms with Gasteiger partial charge in [-0.3, -0.25) is 4.79 Å². The smallest absolute Gasteiger partial charge is 0.164 e. The number of benzene rings is 2. The minimum atomic E-state index is -0.392. The first-order valence-corrected chi connectivity index (χ1v) is 12.2. The van der Waals surface area contributed by atoms with Gasteiger partial charge in [-0.15, -0.1) is 0 Å². The van der Waals surface area contributed by atoms with Crippen LogP contribution in [0, 0.1) is 0 Å². The van der Waals surface area contributed by atoms with Gasteiger partial charge < -0.3 is 19.1 Å². The number of likely N-dealkylation sites (tertiary alicyclic amines) is 1. The number of carbonyl (C=O) groups is 1. The molecule has 0 radical (unpaired) electrons. The lowest BCUT2D eigenvalue weighted by atomic mass is 9.49. The predicted molar refractivity (Wildman–Crippen MR) is 128 cm³/mol. The summed E-state index contributed by atoms with van der Waals surface area (Å²) in [5.41, 5.74) is 2.99. The van der Waals surface area contributed by atoms with Crippen molar-refractivity contribution in [1.82, 2.24) is 4.90 Å². The van der Waals surface area contributed by atoms with Gasteiger partial charge in [-0.1, -0.05) is 36.4 Å². The number of carbonyl (C=O) groups excluding carboxylic acids is 1. The zero-order valence-corrected chi connectivity index (χ0v) is 20.1. The summed E-state index contributed by atoms with van der Waals surface area (Å²) in [6.45, 7) is 1.64. The monoisotopic (exact) mass is 449 g/mol. The summed E-state index contributed by atoms with van der Waals surface area (Å²) in [7, 11) is 5.61. The van der Waals surface area contributed by atoms with Gasteiger partial charge in [0.05, 0.1) is 19.8 Å². The molecule has 0 amide bonds. The van der Waals surface area contributed by atoms with E-state index in [0.29, 0.717) is 25.2 Å². The highest BCUT2D eigenvalue weighted by molar-refractivity contribution is 5.83. The molecule has 2 fully saturated rings. The Hall–Kier alpha value is -2.37. The van der Waals surface area contributed by atoms with Crippen LogP contribution in [0.15, 0.2) is 42.5 Å². The number of ketones is 1. The molecule has 2 aromatic carbocycles. The lowest BCUT2D eigenvalue weighted by Crippen LogP contribution is -2.73. The largest absolute Gasteiger partial charge is 0.493 e. The van der Waals surface area contributed by atoms with Crippen molar-refractivity contribution in [1.29, 1.82) is 0 Å². The van der Waals surface area contributed by atoms with E-state index in [9.17, 15) is 4.79 Å². The Kier molecular flexibility index (Phi) is 5.96. The Morgan fingerprint density at radius 2 is 1.88 bits per heavy atom. The number of likely N-dealkylation sites (N-methyl/N-ethyl adjacent to an activating group) is 1. The quantitative estimate of drug-likeness (QED) is 0.589. The van der Waals surface area contributed by atoms with Gasteiger partial charge in [0, 0.05) is 36.5 Å². The number of hydrogen-bond donors (Lipinski definition) is 0. The molecule has 3 atom stereocenters. The first kappa shape index (κ1) is 22.4. The Bertz CT molecular complexity index is 1020. The van der Waals surface area contributed by atoms with Crippen LogP contribution in [0.1, 0.15) is 48.8 Å². The highest BCUT2D eigenvalue weighted by Crippen LogP contribution is 2.62. The second-order valence-electron chi connectivity index (χ2n) is 9.91. The summed E-state index contributed by atoms with van der Waals surface area (Å²) in [4.78, 5) is 15.4. The van der Waals surface area contributed by atoms with E-state index in [1.807, 2.05) is 6.07 Å². The lowest BCUT2D eigenvalue weighted by Gasteiger charge is -2.64. The van der Waals surface area contributed by atoms with Crippen LogP contribution in [0.2, 0.25) is 0 Å². The molecule has 1 saturated carbocycles. The molecule has 5 nitrogen and oxygen atoms in total. The maximum absolute atomic E-state index is 13.0. The van der Waals surface area contributed by atoms with Crippen LogP contribution < -0.4 is 9.47 Å². The van der Waals surface area contributed by atoms with Crippen LogP contribution in [-0.4, -0.2) is 56.7 Å². The molecule has 2 aromatic rings. The number of piperidine rings is 1. The van der Waals surface area contributed by atoms with E-state index in [2.05, 4.69) is 48.3 Å². The second kappa shape index (κ2) is 8.77. The van der Waals surface area contributed by atoms with E-state index in [1.54, 1.807) is 14.2 Å². The topological polar surface area (TPSA) is 48.0 Å². The van der Waals surface area contributed by atoms with Crippen LogP contribution in [0.3, 0.4) is 0 Å². The Morgan fingerprint density at radius 1 is 1.06 bits per heavy atom. The molecule has 0 spiro atoms. The summed E-state index contributed by atoms with van der Waals surface area (Å²) in [5.74, 6) is 1.85. The van der Waals surface area contributed by atoms with E-state index < -0.39 is 5.60 Å². The molecule has 1 heterocycles. The molecule has 2 bridgehead atoms. The van der Waals surface area contributed by atoms with Crippen molar-refractivity contribution >= 4 is 5.78 Å². The van der Waals surface area contributed by atoms with Gasteiger partial charge in [0.2, 0.25) is 0 Å². The molecule has 1 unspecified atom stereocenters. The van der Waals surface area contributed by atoms with Crippen molar-refractivity contribution < 1.29 is 19.0 Å². The number of methoxy groups -OCH3 is 2. The number of Topliss-reactive ketones (excluding diaryl/α,β-unsaturated/α-hetero) is 1. The number of fused-ring (bicyclic) bond motifs is 1. The van der Waals surface area contributed by atoms with Gasteiger partial charge in [0.15, 0.2) is 11.5 Å². The third-order valence-electron chi connectivity index (χ3n) is 8.38. The van der Waals surface area contributed by atoms with Crippen molar-refractivity contribution in [3.8, 4) is 11.5 Å². The minimum absolute atomic E-state index is 0.252. The first-order chi connectivity index (χ1) is 16.0. The van der Waals surface area contributed by atoms with Crippen LogP contribution in [0.4, 0.5) is 0 Å². The molecule has 5 rings (SSSR count). The molecule has 1 aliphatic heterocycles. The summed E-state index contributed by atoms with van der Waals surface area (Å²) in [6.07, 6.45) is 5.64. The van der Waals surface area contributed by atoms with E-state index in [4.69, 9.17) is 14.2 Å². The van der Waals surface area contributed by atoms with E-state index in [-0.39, 0.29) is 11.5 Å². The molecular weight excluding hydrogens is 414 g/mol. The molecule has 3 aliphatic rings. The molecule has 33 heavy (non-hydrogen) atoms. The number of hydrogen-bond acceptors (Lipinski definition) is 5. The fourth-order valence-corrected chi connectivity index (χ4v) is 6.90. The second-order valence-corrected chi connectivity index (χ2v) is 9.91. The SMILES string of the molecule is COc1ccc2c(c1OC)[C@@]13CCN(C)C(C2)[C@]1(OCCCc1ccccc1)CCC(=O)C3. The van der Waals surface area contributed by atoms with Gasteiger partial charge in [-0.25, -0.2) is 0 Å².